The molecular formula is C20H12F2N4O2. The number of para-hydroxylation sites is 1. The van der Waals surface area contributed by atoms with Crippen LogP contribution < -0.4 is 10.6 Å². The van der Waals surface area contributed by atoms with Crippen LogP contribution in [0.3, 0.4) is 0 Å². The van der Waals surface area contributed by atoms with E-state index < -0.39 is 23.4 Å². The zero-order valence-electron chi connectivity index (χ0n) is 14.2. The van der Waals surface area contributed by atoms with Gasteiger partial charge in [-0.15, -0.1) is 0 Å². The third-order valence-electron chi connectivity index (χ3n) is 3.69. The smallest absolute Gasteiger partial charge is 0.274 e. The van der Waals surface area contributed by atoms with Crippen LogP contribution in [0.2, 0.25) is 0 Å². The first-order valence-electron chi connectivity index (χ1n) is 8.02. The highest BCUT2D eigenvalue weighted by Crippen LogP contribution is 2.17. The Morgan fingerprint density at radius 1 is 0.857 bits per heavy atom. The number of nitrogens with zero attached hydrogens (tertiary/aromatic N) is 2. The maximum absolute atomic E-state index is 13.7. The van der Waals surface area contributed by atoms with Crippen molar-refractivity contribution in [3.05, 3.63) is 89.2 Å². The van der Waals surface area contributed by atoms with Crippen molar-refractivity contribution in [2.24, 2.45) is 0 Å². The minimum absolute atomic E-state index is 0.0695. The minimum Gasteiger partial charge on any atom is -0.319 e. The molecule has 0 aliphatic rings. The fourth-order valence-corrected chi connectivity index (χ4v) is 2.34. The van der Waals surface area contributed by atoms with E-state index in [2.05, 4.69) is 15.6 Å². The van der Waals surface area contributed by atoms with E-state index in [4.69, 9.17) is 5.26 Å². The second-order valence-corrected chi connectivity index (χ2v) is 5.60. The van der Waals surface area contributed by atoms with E-state index in [-0.39, 0.29) is 22.6 Å². The molecule has 0 radical (unpaired) electrons. The van der Waals surface area contributed by atoms with Crippen LogP contribution in [0, 0.1) is 23.0 Å². The molecule has 0 saturated heterocycles. The molecule has 0 unspecified atom stereocenters. The number of halogens is 2. The molecule has 1 aromatic heterocycles. The fraction of sp³-hybridized carbons (Fsp3) is 0. The number of carbonyl (C=O) groups excluding carboxylic acids is 2. The van der Waals surface area contributed by atoms with Gasteiger partial charge >= 0.3 is 0 Å². The van der Waals surface area contributed by atoms with Crippen molar-refractivity contribution in [3.63, 3.8) is 0 Å². The topological polar surface area (TPSA) is 94.9 Å². The van der Waals surface area contributed by atoms with Gasteiger partial charge in [-0.25, -0.2) is 13.8 Å². The van der Waals surface area contributed by atoms with Crippen LogP contribution in [-0.4, -0.2) is 16.8 Å². The van der Waals surface area contributed by atoms with Gasteiger partial charge in [0.25, 0.3) is 11.8 Å². The lowest BCUT2D eigenvalue weighted by molar-refractivity contribution is 0.101. The first-order valence-corrected chi connectivity index (χ1v) is 8.02. The van der Waals surface area contributed by atoms with Crippen molar-refractivity contribution in [3.8, 4) is 6.07 Å². The molecule has 8 heteroatoms. The van der Waals surface area contributed by atoms with E-state index in [1.165, 1.54) is 18.2 Å². The number of hydrogen-bond donors (Lipinski definition) is 2. The molecule has 0 bridgehead atoms. The molecule has 6 nitrogen and oxygen atoms in total. The summed E-state index contributed by atoms with van der Waals surface area (Å²) in [5.74, 6) is -3.09. The maximum atomic E-state index is 13.7. The summed E-state index contributed by atoms with van der Waals surface area (Å²) in [6.07, 6.45) is 0. The first-order chi connectivity index (χ1) is 13.5. The number of aromatic nitrogens is 1. The second kappa shape index (κ2) is 8.05. The van der Waals surface area contributed by atoms with Crippen molar-refractivity contribution in [2.45, 2.75) is 0 Å². The monoisotopic (exact) mass is 378 g/mol. The number of nitriles is 1. The number of benzene rings is 2. The molecular weight excluding hydrogens is 366 g/mol. The molecule has 1 heterocycles. The number of carbonyl (C=O) groups is 2. The first kappa shape index (κ1) is 18.7. The molecule has 2 N–H and O–H groups in total. The largest absolute Gasteiger partial charge is 0.319 e. The van der Waals surface area contributed by atoms with E-state index in [0.29, 0.717) is 11.8 Å². The van der Waals surface area contributed by atoms with Crippen molar-refractivity contribution < 1.29 is 18.4 Å². The highest BCUT2D eigenvalue weighted by atomic mass is 19.1. The van der Waals surface area contributed by atoms with E-state index in [0.717, 1.165) is 12.1 Å². The molecule has 28 heavy (non-hydrogen) atoms. The summed E-state index contributed by atoms with van der Waals surface area (Å²) in [5.41, 5.74) is 0.160. The number of rotatable bonds is 4. The predicted molar refractivity (Wildman–Crippen MR) is 97.7 cm³/mol. The fourth-order valence-electron chi connectivity index (χ4n) is 2.34. The van der Waals surface area contributed by atoms with E-state index in [9.17, 15) is 18.4 Å². The van der Waals surface area contributed by atoms with Gasteiger partial charge in [-0.2, -0.15) is 5.26 Å². The van der Waals surface area contributed by atoms with Gasteiger partial charge in [-0.3, -0.25) is 9.59 Å². The highest BCUT2D eigenvalue weighted by molar-refractivity contribution is 6.06. The van der Waals surface area contributed by atoms with Gasteiger partial charge in [0.2, 0.25) is 0 Å². The van der Waals surface area contributed by atoms with Gasteiger partial charge in [-0.1, -0.05) is 18.2 Å². The molecule has 0 aliphatic heterocycles. The molecule has 2 aromatic carbocycles. The van der Waals surface area contributed by atoms with Crippen LogP contribution in [0.1, 0.15) is 26.5 Å². The van der Waals surface area contributed by atoms with E-state index >= 15 is 0 Å². The number of anilines is 2. The minimum atomic E-state index is -0.935. The van der Waals surface area contributed by atoms with Gasteiger partial charge in [0.1, 0.15) is 29.1 Å². The Hall–Kier alpha value is -4.12. The van der Waals surface area contributed by atoms with Crippen LogP contribution in [0.25, 0.3) is 0 Å². The summed E-state index contributed by atoms with van der Waals surface area (Å²) in [5, 5.41) is 13.9. The Bertz CT molecular complexity index is 1110. The van der Waals surface area contributed by atoms with Crippen molar-refractivity contribution in [2.75, 3.05) is 10.6 Å². The SMILES string of the molecule is N#Cc1ccccc1NC(=O)c1cccc(C(=O)Nc2ccc(F)cc2F)n1. The van der Waals surface area contributed by atoms with E-state index in [1.807, 2.05) is 6.07 Å². The molecule has 3 aromatic rings. The lowest BCUT2D eigenvalue weighted by Gasteiger charge is -2.08. The zero-order chi connectivity index (χ0) is 20.1. The lowest BCUT2D eigenvalue weighted by Crippen LogP contribution is -2.19. The Morgan fingerprint density at radius 3 is 2.14 bits per heavy atom. The van der Waals surface area contributed by atoms with Crippen molar-refractivity contribution in [1.29, 1.82) is 5.26 Å². The average Bonchev–Trinajstić information content (AvgIpc) is 2.70. The quantitative estimate of drug-likeness (QED) is 0.723. The predicted octanol–water partition coefficient (Wildman–Crippen LogP) is 3.74. The third-order valence-corrected chi connectivity index (χ3v) is 3.69. The molecule has 0 aliphatic carbocycles. The summed E-state index contributed by atoms with van der Waals surface area (Å²) in [7, 11) is 0. The molecule has 0 saturated carbocycles. The maximum Gasteiger partial charge on any atom is 0.274 e. The molecule has 0 fully saturated rings. The summed E-state index contributed by atoms with van der Waals surface area (Å²) >= 11 is 0. The summed E-state index contributed by atoms with van der Waals surface area (Å²) in [6.45, 7) is 0. The normalized spacial score (nSPS) is 10.0. The third kappa shape index (κ3) is 4.16. The van der Waals surface area contributed by atoms with E-state index in [1.54, 1.807) is 24.3 Å². The summed E-state index contributed by atoms with van der Waals surface area (Å²) in [4.78, 5) is 28.6. The molecule has 2 amide bonds. The van der Waals surface area contributed by atoms with Crippen LogP contribution in [0.4, 0.5) is 20.2 Å². The van der Waals surface area contributed by atoms with Crippen LogP contribution in [-0.2, 0) is 0 Å². The zero-order valence-corrected chi connectivity index (χ0v) is 14.2. The highest BCUT2D eigenvalue weighted by Gasteiger charge is 2.15. The van der Waals surface area contributed by atoms with Gasteiger partial charge in [0.05, 0.1) is 16.9 Å². The Balaban J connectivity index is 1.78. The van der Waals surface area contributed by atoms with Crippen molar-refractivity contribution >= 4 is 23.2 Å². The van der Waals surface area contributed by atoms with Crippen LogP contribution >= 0.6 is 0 Å². The molecule has 3 rings (SSSR count). The van der Waals surface area contributed by atoms with Gasteiger partial charge in [0.15, 0.2) is 0 Å². The summed E-state index contributed by atoms with van der Waals surface area (Å²) < 4.78 is 26.6. The van der Waals surface area contributed by atoms with Gasteiger partial charge < -0.3 is 10.6 Å². The average molecular weight is 378 g/mol. The molecule has 138 valence electrons. The number of amides is 2. The van der Waals surface area contributed by atoms with Crippen LogP contribution in [0.15, 0.2) is 60.7 Å². The van der Waals surface area contributed by atoms with Gasteiger partial charge in [-0.05, 0) is 36.4 Å². The lowest BCUT2D eigenvalue weighted by atomic mass is 10.2. The number of pyridine rings is 1. The second-order valence-electron chi connectivity index (χ2n) is 5.60. The van der Waals surface area contributed by atoms with Crippen LogP contribution in [0.5, 0.6) is 0 Å². The number of hydrogen-bond acceptors (Lipinski definition) is 4. The Morgan fingerprint density at radius 2 is 1.50 bits per heavy atom. The Kier molecular flexibility index (Phi) is 5.37. The van der Waals surface area contributed by atoms with Crippen molar-refractivity contribution in [1.82, 2.24) is 4.98 Å². The molecule has 0 atom stereocenters. The molecule has 0 spiro atoms. The summed E-state index contributed by atoms with van der Waals surface area (Å²) in [6, 6.07) is 15.3. The van der Waals surface area contributed by atoms with Gasteiger partial charge in [0, 0.05) is 6.07 Å². The standard InChI is InChI=1S/C20H12F2N4O2/c21-13-8-9-16(14(22)10-13)26-20(28)18-7-3-6-17(24-18)19(27)25-15-5-2-1-4-12(15)11-23/h1-10H,(H,25,27)(H,26,28). The Labute approximate surface area is 158 Å². The number of nitrogens with one attached hydrogen (secondary N) is 2.